The van der Waals surface area contributed by atoms with Gasteiger partial charge >= 0.3 is 24.4 Å². The van der Waals surface area contributed by atoms with E-state index in [0.717, 1.165) is 0 Å². The van der Waals surface area contributed by atoms with Crippen molar-refractivity contribution in [1.82, 2.24) is 0 Å². The fraction of sp³-hybridized carbons (Fsp3) is 0. The topological polar surface area (TPSA) is 0 Å². The Kier molecular flexibility index (Phi) is 980. The van der Waals surface area contributed by atoms with Gasteiger partial charge in [-0.2, -0.15) is 0 Å². The molecule has 0 heterocycles. The van der Waals surface area contributed by atoms with Crippen molar-refractivity contribution in [2.75, 3.05) is 0 Å². The van der Waals surface area contributed by atoms with Crippen LogP contribution in [0, 0.1) is 0 Å². The summed E-state index contributed by atoms with van der Waals surface area (Å²) in [5.41, 5.74) is 0. The van der Waals surface area contributed by atoms with E-state index in [1.165, 1.54) is 0 Å². The molecule has 0 atom stereocenters. The van der Waals surface area contributed by atoms with Crippen LogP contribution in [0.3, 0.4) is 0 Å². The molecule has 0 N–H and O–H groups in total. The quantitative estimate of drug-likeness (QED) is 0.149. The molecule has 10 heteroatoms. The largest absolute Gasteiger partial charge is 3.00 e. The van der Waals surface area contributed by atoms with E-state index in [-0.39, 0.29) is 179 Å². The molecule has 10 heavy (non-hydrogen) atoms. The molecule has 0 aromatic rings. The Hall–Kier alpha value is 5.37. The van der Waals surface area contributed by atoms with E-state index in [1.807, 2.05) is 0 Å². The van der Waals surface area contributed by atoms with Crippen LogP contribution in [0.2, 0.25) is 0 Å². The zero-order valence-corrected chi connectivity index (χ0v) is 20.0. The van der Waals surface area contributed by atoms with E-state index in [1.54, 1.807) is 0 Å². The Morgan fingerprint density at radius 1 is 0.300 bits per heavy atom. The van der Waals surface area contributed by atoms with Gasteiger partial charge in [0.1, 0.15) is 0 Å². The van der Waals surface area contributed by atoms with Gasteiger partial charge in [-0.1, -0.05) is 0 Å². The van der Waals surface area contributed by atoms with Gasteiger partial charge in [-0.05, 0) is 0 Å². The zero-order valence-electron chi connectivity index (χ0n) is 4.47. The van der Waals surface area contributed by atoms with Gasteiger partial charge in [-0.3, -0.25) is 0 Å². The van der Waals surface area contributed by atoms with Gasteiger partial charge in [0.25, 0.3) is 0 Å². The second-order valence-electron chi connectivity index (χ2n) is 0. The van der Waals surface area contributed by atoms with Crippen LogP contribution in [0.4, 0.5) is 0 Å². The molecule has 0 unspecified atom stereocenters. The van der Waals surface area contributed by atoms with Crippen molar-refractivity contribution in [2.45, 2.75) is 0 Å². The molecular formula is H6S6Sb4-3. The molecule has 11 radical (unpaired) electrons. The first kappa shape index (κ1) is 110. The molecule has 0 saturated carbocycles. The summed E-state index contributed by atoms with van der Waals surface area (Å²) in [7, 11) is 0. The van der Waals surface area contributed by atoms with Gasteiger partial charge in [0.2, 0.25) is 0 Å². The Balaban J connectivity index is 0. The molecule has 0 aliphatic carbocycles. The molecule has 0 spiro atoms. The number of hydrogen-bond acceptors (Lipinski definition) is 6. The predicted molar refractivity (Wildman–Crippen MR) is 75.6 cm³/mol. The van der Waals surface area contributed by atoms with Crippen molar-refractivity contribution in [1.29, 1.82) is 0 Å². The first-order chi connectivity index (χ1) is 0. The minimum atomic E-state index is 0. The van der Waals surface area contributed by atoms with Crippen LogP contribution >= 0.6 is 0 Å². The maximum Gasteiger partial charge on any atom is 3.00 e. The molecule has 0 bridgehead atoms. The SMILES string of the molecule is [SH-].[SH-].[SH-].[SH-].[SH-].[SH-].[Sb+3].[Sb].[Sb].[Sb]. The third-order valence-electron chi connectivity index (χ3n) is 0. The summed E-state index contributed by atoms with van der Waals surface area (Å²) in [6.45, 7) is 0. The predicted octanol–water partition coefficient (Wildman–Crippen LogP) is -3.14. The molecule has 0 amide bonds. The van der Waals surface area contributed by atoms with Gasteiger partial charge in [0.05, 0.1) is 0 Å². The Morgan fingerprint density at radius 2 is 0.300 bits per heavy atom. The first-order valence-electron chi connectivity index (χ1n) is 0. The smallest absolute Gasteiger partial charge is 0.813 e. The molecule has 65 valence electrons. The van der Waals surface area contributed by atoms with E-state index in [0.29, 0.717) is 0 Å². The van der Waals surface area contributed by atoms with Crippen molar-refractivity contribution < 1.29 is 0 Å². The summed E-state index contributed by atoms with van der Waals surface area (Å²) < 4.78 is 0. The van der Waals surface area contributed by atoms with E-state index in [9.17, 15) is 0 Å². The van der Waals surface area contributed by atoms with Crippen LogP contribution in [0.1, 0.15) is 0 Å². The van der Waals surface area contributed by atoms with Crippen LogP contribution in [-0.2, 0) is 81.0 Å². The van der Waals surface area contributed by atoms with Gasteiger partial charge in [-0.25, -0.2) is 0 Å². The van der Waals surface area contributed by atoms with Crippen molar-refractivity contribution >= 4 is 179 Å². The van der Waals surface area contributed by atoms with Gasteiger partial charge in [-0.15, -0.1) is 0 Å². The summed E-state index contributed by atoms with van der Waals surface area (Å²) in [6, 6.07) is 0. The second-order valence-corrected chi connectivity index (χ2v) is 0. The Bertz CT molecular complexity index is 9.71. The van der Waals surface area contributed by atoms with Crippen molar-refractivity contribution in [3.05, 3.63) is 0 Å². The van der Waals surface area contributed by atoms with Crippen molar-refractivity contribution in [3.63, 3.8) is 0 Å². The average Bonchev–Trinajstić information content (AvgIpc) is 0. The summed E-state index contributed by atoms with van der Waals surface area (Å²) in [4.78, 5) is 0. The minimum absolute atomic E-state index is 0. The molecule has 0 aliphatic heterocycles. The van der Waals surface area contributed by atoms with E-state index in [4.69, 9.17) is 0 Å². The molecule has 0 rings (SSSR count). The third kappa shape index (κ3) is 70.9. The molecule has 0 saturated heterocycles. The normalized spacial score (nSPS) is 0. The van der Waals surface area contributed by atoms with Crippen LogP contribution in [0.25, 0.3) is 0 Å². The molecule has 0 fully saturated rings. The van der Waals surface area contributed by atoms with Gasteiger partial charge in [0, 0.05) is 73.3 Å². The first-order valence-corrected chi connectivity index (χ1v) is 0. The summed E-state index contributed by atoms with van der Waals surface area (Å²) in [6.07, 6.45) is 0. The fourth-order valence-corrected chi connectivity index (χ4v) is 0. The molecule has 0 aliphatic rings. The van der Waals surface area contributed by atoms with Gasteiger partial charge in [0.15, 0.2) is 0 Å². The summed E-state index contributed by atoms with van der Waals surface area (Å²) in [5.74, 6) is 0. The van der Waals surface area contributed by atoms with E-state index >= 15 is 0 Å². The van der Waals surface area contributed by atoms with Crippen LogP contribution in [-0.4, -0.2) is 97.7 Å². The zero-order chi connectivity index (χ0) is 0. The standard InChI is InChI=1S/6H2S.4Sb/h6*1H2;;;;/q;;;;;;;;;+3/p-6. The second kappa shape index (κ2) is 89.0. The number of thiol groups is 6. The number of hydrogen-bond donors (Lipinski definition) is 0. The summed E-state index contributed by atoms with van der Waals surface area (Å²) >= 11 is 0. The molecule has 0 nitrogen and oxygen atoms in total. The molecule has 0 aromatic carbocycles. The average molecular weight is 685 g/mol. The molecular weight excluding hydrogens is 679 g/mol. The van der Waals surface area contributed by atoms with Crippen molar-refractivity contribution in [2.24, 2.45) is 0 Å². The van der Waals surface area contributed by atoms with Gasteiger partial charge < -0.3 is 81.0 Å². The van der Waals surface area contributed by atoms with Crippen molar-refractivity contribution in [3.8, 4) is 0 Å². The monoisotopic (exact) mass is 681 g/mol. The third-order valence-corrected chi connectivity index (χ3v) is 0. The fourth-order valence-electron chi connectivity index (χ4n) is 0. The van der Waals surface area contributed by atoms with Crippen LogP contribution in [0.5, 0.6) is 0 Å². The minimum Gasteiger partial charge on any atom is -0.813 e. The Labute approximate surface area is 175 Å². The summed E-state index contributed by atoms with van der Waals surface area (Å²) in [5, 5.41) is 0. The van der Waals surface area contributed by atoms with E-state index in [2.05, 4.69) is 0 Å². The van der Waals surface area contributed by atoms with Crippen LogP contribution < -0.4 is 0 Å². The Morgan fingerprint density at radius 3 is 0.300 bits per heavy atom. The molecule has 0 aromatic heterocycles. The van der Waals surface area contributed by atoms with Crippen LogP contribution in [0.15, 0.2) is 0 Å². The number of rotatable bonds is 0. The maximum absolute atomic E-state index is 0. The van der Waals surface area contributed by atoms with E-state index < -0.39 is 0 Å². The maximum atomic E-state index is 0.